The molecule has 0 fully saturated rings. The van der Waals surface area contributed by atoms with Gasteiger partial charge in [0, 0.05) is 17.7 Å². The average Bonchev–Trinajstić information content (AvgIpc) is 2.71. The molecule has 1 unspecified atom stereocenters. The topological polar surface area (TPSA) is 110 Å². The molecule has 2 rings (SSSR count). The molecule has 8 nitrogen and oxygen atoms in total. The minimum atomic E-state index is -2.71. The van der Waals surface area contributed by atoms with Crippen LogP contribution in [0.15, 0.2) is 34.2 Å². The molecule has 2 N–H and O–H groups in total. The SMILES string of the molecule is COc1ccc(C(CC(=O)OC(C)C)NC(=O)CCc2c(C)nc(SC(F)F)[nH]c2=O)cc1. The summed E-state index contributed by atoms with van der Waals surface area (Å²) in [6.45, 7) is 5.00. The van der Waals surface area contributed by atoms with Crippen LogP contribution in [0.4, 0.5) is 8.78 Å². The first-order chi connectivity index (χ1) is 15.6. The van der Waals surface area contributed by atoms with E-state index in [9.17, 15) is 23.2 Å². The van der Waals surface area contributed by atoms with Crippen LogP contribution in [-0.2, 0) is 20.7 Å². The molecule has 33 heavy (non-hydrogen) atoms. The van der Waals surface area contributed by atoms with Crippen molar-refractivity contribution in [2.24, 2.45) is 0 Å². The summed E-state index contributed by atoms with van der Waals surface area (Å²) in [4.78, 5) is 43.4. The van der Waals surface area contributed by atoms with Crippen LogP contribution in [0.1, 0.15) is 49.6 Å². The molecule has 0 saturated heterocycles. The van der Waals surface area contributed by atoms with E-state index in [2.05, 4.69) is 15.3 Å². The van der Waals surface area contributed by atoms with Crippen LogP contribution < -0.4 is 15.6 Å². The normalized spacial score (nSPS) is 12.0. The predicted octanol–water partition coefficient (Wildman–Crippen LogP) is 3.53. The number of aromatic nitrogens is 2. The highest BCUT2D eigenvalue weighted by atomic mass is 32.2. The van der Waals surface area contributed by atoms with Gasteiger partial charge in [-0.1, -0.05) is 12.1 Å². The fraction of sp³-hybridized carbons (Fsp3) is 0.455. The van der Waals surface area contributed by atoms with Gasteiger partial charge in [0.1, 0.15) is 5.75 Å². The molecule has 2 aromatic rings. The number of aromatic amines is 1. The number of halogens is 2. The number of benzene rings is 1. The average molecular weight is 484 g/mol. The molecule has 1 atom stereocenters. The number of aryl methyl sites for hydroxylation is 1. The zero-order valence-electron chi connectivity index (χ0n) is 18.8. The number of esters is 1. The van der Waals surface area contributed by atoms with Crippen LogP contribution >= 0.6 is 11.8 Å². The number of methoxy groups -OCH3 is 1. The van der Waals surface area contributed by atoms with Crippen LogP contribution in [0.5, 0.6) is 5.75 Å². The molecule has 0 aliphatic rings. The number of nitrogens with one attached hydrogen (secondary N) is 2. The smallest absolute Gasteiger partial charge is 0.308 e. The number of amides is 1. The number of nitrogens with zero attached hydrogens (tertiary/aromatic N) is 1. The second kappa shape index (κ2) is 12.3. The molecule has 0 aliphatic heterocycles. The number of alkyl halides is 2. The van der Waals surface area contributed by atoms with Crippen molar-refractivity contribution in [2.75, 3.05) is 7.11 Å². The maximum atomic E-state index is 12.6. The third kappa shape index (κ3) is 8.49. The Morgan fingerprint density at radius 3 is 2.42 bits per heavy atom. The van der Waals surface area contributed by atoms with Gasteiger partial charge < -0.3 is 19.8 Å². The minimum absolute atomic E-state index is 0.0567. The molecule has 1 aromatic heterocycles. The molecular weight excluding hydrogens is 456 g/mol. The third-order valence-corrected chi connectivity index (χ3v) is 5.19. The van der Waals surface area contributed by atoms with Crippen molar-refractivity contribution in [3.63, 3.8) is 0 Å². The van der Waals surface area contributed by atoms with Crippen molar-refractivity contribution >= 4 is 23.6 Å². The lowest BCUT2D eigenvalue weighted by molar-refractivity contribution is -0.148. The van der Waals surface area contributed by atoms with E-state index in [4.69, 9.17) is 9.47 Å². The highest BCUT2D eigenvalue weighted by molar-refractivity contribution is 7.99. The fourth-order valence-electron chi connectivity index (χ4n) is 3.09. The van der Waals surface area contributed by atoms with E-state index in [1.807, 2.05) is 0 Å². The largest absolute Gasteiger partial charge is 0.497 e. The zero-order valence-corrected chi connectivity index (χ0v) is 19.6. The van der Waals surface area contributed by atoms with Crippen molar-refractivity contribution in [1.29, 1.82) is 0 Å². The van der Waals surface area contributed by atoms with Gasteiger partial charge in [-0.05, 0) is 56.7 Å². The van der Waals surface area contributed by atoms with Gasteiger partial charge in [-0.15, -0.1) is 0 Å². The summed E-state index contributed by atoms with van der Waals surface area (Å²) in [6, 6.07) is 6.28. The summed E-state index contributed by atoms with van der Waals surface area (Å²) in [7, 11) is 1.53. The van der Waals surface area contributed by atoms with Crippen molar-refractivity contribution in [2.45, 2.75) is 63.1 Å². The number of rotatable bonds is 11. The van der Waals surface area contributed by atoms with E-state index in [1.54, 1.807) is 38.1 Å². The van der Waals surface area contributed by atoms with Crippen molar-refractivity contribution in [1.82, 2.24) is 15.3 Å². The Kier molecular flexibility index (Phi) is 9.83. The summed E-state index contributed by atoms with van der Waals surface area (Å²) >= 11 is 0.146. The lowest BCUT2D eigenvalue weighted by atomic mass is 10.0. The Bertz CT molecular complexity index is 1010. The molecule has 1 heterocycles. The van der Waals surface area contributed by atoms with E-state index in [1.165, 1.54) is 14.0 Å². The van der Waals surface area contributed by atoms with E-state index in [0.717, 1.165) is 0 Å². The summed E-state index contributed by atoms with van der Waals surface area (Å²) in [6.07, 6.45) is -0.362. The monoisotopic (exact) mass is 483 g/mol. The van der Waals surface area contributed by atoms with E-state index in [0.29, 0.717) is 11.3 Å². The molecule has 1 aromatic carbocycles. The van der Waals surface area contributed by atoms with E-state index in [-0.39, 0.29) is 53.5 Å². The Balaban J connectivity index is 2.10. The van der Waals surface area contributed by atoms with E-state index >= 15 is 0 Å². The second-order valence-electron chi connectivity index (χ2n) is 7.45. The standard InChI is InChI=1S/C22H27F2N3O5S/c1-12(2)32-19(29)11-17(14-5-7-15(31-4)8-6-14)26-18(28)10-9-16-13(3)25-22(27-20(16)30)33-21(23)24/h5-8,12,17,21H,9-11H2,1-4H3,(H,26,28)(H,25,27,30). The van der Waals surface area contributed by atoms with Gasteiger partial charge in [0.05, 0.1) is 25.7 Å². The Hall–Kier alpha value is -2.95. The van der Waals surface area contributed by atoms with Crippen LogP contribution in [0.2, 0.25) is 0 Å². The fourth-order valence-corrected chi connectivity index (χ4v) is 3.60. The van der Waals surface area contributed by atoms with Crippen molar-refractivity contribution in [3.05, 3.63) is 51.4 Å². The van der Waals surface area contributed by atoms with Crippen LogP contribution in [0.3, 0.4) is 0 Å². The number of H-pyrrole nitrogens is 1. The first kappa shape index (κ1) is 26.3. The Morgan fingerprint density at radius 2 is 1.88 bits per heavy atom. The minimum Gasteiger partial charge on any atom is -0.497 e. The Labute approximate surface area is 194 Å². The van der Waals surface area contributed by atoms with Gasteiger partial charge in [-0.25, -0.2) is 4.98 Å². The van der Waals surface area contributed by atoms with Gasteiger partial charge >= 0.3 is 5.97 Å². The molecule has 180 valence electrons. The first-order valence-corrected chi connectivity index (χ1v) is 11.1. The Morgan fingerprint density at radius 1 is 1.21 bits per heavy atom. The number of hydrogen-bond acceptors (Lipinski definition) is 7. The molecular formula is C22H27F2N3O5S. The summed E-state index contributed by atoms with van der Waals surface area (Å²) < 4.78 is 35.4. The number of hydrogen-bond donors (Lipinski definition) is 2. The highest BCUT2D eigenvalue weighted by Crippen LogP contribution is 2.23. The lowest BCUT2D eigenvalue weighted by Gasteiger charge is -2.20. The zero-order chi connectivity index (χ0) is 24.5. The molecule has 0 spiro atoms. The molecule has 11 heteroatoms. The van der Waals surface area contributed by atoms with Gasteiger partial charge in [-0.3, -0.25) is 14.4 Å². The first-order valence-electron chi connectivity index (χ1n) is 10.3. The lowest BCUT2D eigenvalue weighted by Crippen LogP contribution is -2.31. The number of carbonyl (C=O) groups excluding carboxylic acids is 2. The maximum Gasteiger partial charge on any atom is 0.308 e. The molecule has 0 bridgehead atoms. The molecule has 0 aliphatic carbocycles. The van der Waals surface area contributed by atoms with Crippen LogP contribution in [0.25, 0.3) is 0 Å². The van der Waals surface area contributed by atoms with Gasteiger partial charge in [-0.2, -0.15) is 8.78 Å². The van der Waals surface area contributed by atoms with Gasteiger partial charge in [0.25, 0.3) is 11.3 Å². The second-order valence-corrected chi connectivity index (χ2v) is 8.43. The third-order valence-electron chi connectivity index (χ3n) is 4.59. The summed E-state index contributed by atoms with van der Waals surface area (Å²) in [5, 5.41) is 2.63. The van der Waals surface area contributed by atoms with Crippen molar-refractivity contribution in [3.8, 4) is 5.75 Å². The van der Waals surface area contributed by atoms with Crippen LogP contribution in [0, 0.1) is 6.92 Å². The quantitative estimate of drug-likeness (QED) is 0.286. The number of ether oxygens (including phenoxy) is 2. The summed E-state index contributed by atoms with van der Waals surface area (Å²) in [5.41, 5.74) is 0.644. The van der Waals surface area contributed by atoms with Crippen LogP contribution in [-0.4, -0.2) is 40.8 Å². The van der Waals surface area contributed by atoms with E-state index < -0.39 is 29.2 Å². The van der Waals surface area contributed by atoms with Gasteiger partial charge in [0.2, 0.25) is 5.91 Å². The van der Waals surface area contributed by atoms with Gasteiger partial charge in [0.15, 0.2) is 5.16 Å². The highest BCUT2D eigenvalue weighted by Gasteiger charge is 2.21. The number of carbonyl (C=O) groups is 2. The van der Waals surface area contributed by atoms with Crippen molar-refractivity contribution < 1.29 is 27.8 Å². The molecule has 1 amide bonds. The molecule has 0 saturated carbocycles. The predicted molar refractivity (Wildman–Crippen MR) is 119 cm³/mol. The number of thioether (sulfide) groups is 1. The summed E-state index contributed by atoms with van der Waals surface area (Å²) in [5.74, 6) is -2.93. The molecule has 0 radical (unpaired) electrons. The maximum absolute atomic E-state index is 12.6.